The molecule has 14 heavy (non-hydrogen) atoms. The number of benzene rings is 1. The van der Waals surface area contributed by atoms with Gasteiger partial charge in [0.15, 0.2) is 0 Å². The Bertz CT molecular complexity index is 352. The molecule has 3 N–H and O–H groups in total. The number of amidine groups is 1. The first-order valence-corrected chi connectivity index (χ1v) is 5.33. The maximum atomic E-state index is 6.08. The van der Waals surface area contributed by atoms with Gasteiger partial charge in [0.25, 0.3) is 0 Å². The molecule has 0 fully saturated rings. The van der Waals surface area contributed by atoms with E-state index in [4.69, 9.17) is 17.4 Å². The number of hydrogen-bond donors (Lipinski definition) is 2. The fourth-order valence-electron chi connectivity index (χ4n) is 1.05. The quantitative estimate of drug-likeness (QED) is 0.377. The molecule has 0 unspecified atom stereocenters. The summed E-state index contributed by atoms with van der Waals surface area (Å²) in [6.45, 7) is 2.59. The van der Waals surface area contributed by atoms with Crippen molar-refractivity contribution in [1.29, 1.82) is 0 Å². The number of nitrogens with two attached hydrogens (primary N) is 1. The summed E-state index contributed by atoms with van der Waals surface area (Å²) in [5.74, 6) is 5.95. The lowest BCUT2D eigenvalue weighted by atomic mass is 10.2. The van der Waals surface area contributed by atoms with Crippen molar-refractivity contribution in [2.24, 2.45) is 10.8 Å². The highest BCUT2D eigenvalue weighted by molar-refractivity contribution is 9.10. The SMILES string of the molecule is CCN=C(NN)c1cccc(Br)c1Cl. The molecule has 0 saturated heterocycles. The molecule has 1 aromatic carbocycles. The van der Waals surface area contributed by atoms with Crippen LogP contribution in [-0.2, 0) is 0 Å². The van der Waals surface area contributed by atoms with Crippen LogP contribution in [0.15, 0.2) is 27.7 Å². The molecule has 0 bridgehead atoms. The van der Waals surface area contributed by atoms with E-state index < -0.39 is 0 Å². The van der Waals surface area contributed by atoms with Crippen LogP contribution in [0.1, 0.15) is 12.5 Å². The number of nitrogens with zero attached hydrogens (tertiary/aromatic N) is 1. The highest BCUT2D eigenvalue weighted by Gasteiger charge is 2.08. The summed E-state index contributed by atoms with van der Waals surface area (Å²) >= 11 is 9.42. The standard InChI is InChI=1S/C9H11BrClN3/c1-2-13-9(14-12)6-4-3-5-7(10)8(6)11/h3-5H,2,12H2,1H3,(H,13,14). The summed E-state index contributed by atoms with van der Waals surface area (Å²) in [7, 11) is 0. The molecule has 0 heterocycles. The second kappa shape index (κ2) is 5.34. The molecule has 1 rings (SSSR count). The molecule has 0 radical (unpaired) electrons. The summed E-state index contributed by atoms with van der Waals surface area (Å²) < 4.78 is 0.829. The number of hydrogen-bond acceptors (Lipinski definition) is 2. The minimum Gasteiger partial charge on any atom is -0.308 e. The smallest absolute Gasteiger partial charge is 0.144 e. The summed E-state index contributed by atoms with van der Waals surface area (Å²) in [6.07, 6.45) is 0. The molecule has 0 aliphatic heterocycles. The normalized spacial score (nSPS) is 11.6. The van der Waals surface area contributed by atoms with Crippen LogP contribution < -0.4 is 11.3 Å². The zero-order chi connectivity index (χ0) is 10.6. The third kappa shape index (κ3) is 2.47. The number of halogens is 2. The molecule has 0 aliphatic carbocycles. The fourth-order valence-corrected chi connectivity index (χ4v) is 1.64. The van der Waals surface area contributed by atoms with Crippen LogP contribution in [0.3, 0.4) is 0 Å². The van der Waals surface area contributed by atoms with Gasteiger partial charge in [-0.25, -0.2) is 5.84 Å². The predicted octanol–water partition coefficient (Wildman–Crippen LogP) is 2.33. The van der Waals surface area contributed by atoms with Crippen molar-refractivity contribution in [3.63, 3.8) is 0 Å². The first-order chi connectivity index (χ1) is 6.70. The zero-order valence-corrected chi connectivity index (χ0v) is 10.1. The van der Waals surface area contributed by atoms with Gasteiger partial charge in [-0.15, -0.1) is 0 Å². The van der Waals surface area contributed by atoms with Gasteiger partial charge in [0.2, 0.25) is 0 Å². The molecule has 0 spiro atoms. The van der Waals surface area contributed by atoms with Gasteiger partial charge in [0.05, 0.1) is 5.02 Å². The average Bonchev–Trinajstić information content (AvgIpc) is 2.19. The Morgan fingerprint density at radius 1 is 1.64 bits per heavy atom. The first kappa shape index (κ1) is 11.5. The highest BCUT2D eigenvalue weighted by Crippen LogP contribution is 2.25. The molecular weight excluding hydrogens is 265 g/mol. The highest BCUT2D eigenvalue weighted by atomic mass is 79.9. The lowest BCUT2D eigenvalue weighted by molar-refractivity contribution is 0.991. The maximum absolute atomic E-state index is 6.08. The van der Waals surface area contributed by atoms with Gasteiger partial charge < -0.3 is 5.43 Å². The molecule has 0 aromatic heterocycles. The van der Waals surface area contributed by atoms with E-state index in [1.54, 1.807) is 0 Å². The molecule has 0 amide bonds. The third-order valence-corrected chi connectivity index (χ3v) is 2.96. The molecule has 1 aromatic rings. The van der Waals surface area contributed by atoms with Crippen LogP contribution in [0.4, 0.5) is 0 Å². The summed E-state index contributed by atoms with van der Waals surface area (Å²) in [6, 6.07) is 5.61. The molecular formula is C9H11BrClN3. The fraction of sp³-hybridized carbons (Fsp3) is 0.222. The topological polar surface area (TPSA) is 50.4 Å². The van der Waals surface area contributed by atoms with Crippen LogP contribution in [0.5, 0.6) is 0 Å². The Morgan fingerprint density at radius 2 is 2.36 bits per heavy atom. The summed E-state index contributed by atoms with van der Waals surface area (Å²) in [5.41, 5.74) is 3.33. The van der Waals surface area contributed by atoms with Gasteiger partial charge in [-0.05, 0) is 35.0 Å². The lowest BCUT2D eigenvalue weighted by Crippen LogP contribution is -2.31. The summed E-state index contributed by atoms with van der Waals surface area (Å²) in [4.78, 5) is 4.19. The van der Waals surface area contributed by atoms with Gasteiger partial charge in [-0.3, -0.25) is 4.99 Å². The number of nitrogens with one attached hydrogen (secondary N) is 1. The van der Waals surface area contributed by atoms with Crippen molar-refractivity contribution < 1.29 is 0 Å². The van der Waals surface area contributed by atoms with E-state index in [0.29, 0.717) is 17.4 Å². The van der Waals surface area contributed by atoms with Crippen molar-refractivity contribution in [3.8, 4) is 0 Å². The second-order valence-corrected chi connectivity index (χ2v) is 3.80. The Balaban J connectivity index is 3.17. The van der Waals surface area contributed by atoms with Gasteiger partial charge in [-0.2, -0.15) is 0 Å². The maximum Gasteiger partial charge on any atom is 0.144 e. The monoisotopic (exact) mass is 275 g/mol. The number of rotatable bonds is 2. The van der Waals surface area contributed by atoms with Gasteiger partial charge in [0.1, 0.15) is 5.84 Å². The summed E-state index contributed by atoms with van der Waals surface area (Å²) in [5, 5.41) is 0.609. The Kier molecular flexibility index (Phi) is 4.38. The molecule has 5 heteroatoms. The molecule has 0 atom stereocenters. The Morgan fingerprint density at radius 3 is 2.93 bits per heavy atom. The molecule has 0 aliphatic rings. The zero-order valence-electron chi connectivity index (χ0n) is 7.72. The van der Waals surface area contributed by atoms with Crippen LogP contribution >= 0.6 is 27.5 Å². The van der Waals surface area contributed by atoms with E-state index in [2.05, 4.69) is 26.3 Å². The minimum absolute atomic E-state index is 0.596. The van der Waals surface area contributed by atoms with Gasteiger partial charge >= 0.3 is 0 Å². The van der Waals surface area contributed by atoms with Crippen LogP contribution in [-0.4, -0.2) is 12.4 Å². The van der Waals surface area contributed by atoms with Crippen molar-refractivity contribution >= 4 is 33.4 Å². The molecule has 0 saturated carbocycles. The Hall–Kier alpha value is -0.580. The van der Waals surface area contributed by atoms with E-state index >= 15 is 0 Å². The van der Waals surface area contributed by atoms with Crippen molar-refractivity contribution in [2.45, 2.75) is 6.92 Å². The van der Waals surface area contributed by atoms with Crippen molar-refractivity contribution in [3.05, 3.63) is 33.3 Å². The van der Waals surface area contributed by atoms with Gasteiger partial charge in [0, 0.05) is 16.6 Å². The number of hydrazine groups is 1. The average molecular weight is 277 g/mol. The van der Waals surface area contributed by atoms with Gasteiger partial charge in [-0.1, -0.05) is 17.7 Å². The van der Waals surface area contributed by atoms with E-state index in [1.807, 2.05) is 25.1 Å². The minimum atomic E-state index is 0.596. The largest absolute Gasteiger partial charge is 0.308 e. The molecule has 76 valence electrons. The first-order valence-electron chi connectivity index (χ1n) is 4.16. The third-order valence-electron chi connectivity index (χ3n) is 1.66. The van der Waals surface area contributed by atoms with E-state index in [0.717, 1.165) is 10.0 Å². The van der Waals surface area contributed by atoms with Crippen molar-refractivity contribution in [1.82, 2.24) is 5.43 Å². The number of aliphatic imine (C=N–C) groups is 1. The van der Waals surface area contributed by atoms with E-state index in [-0.39, 0.29) is 0 Å². The molecule has 3 nitrogen and oxygen atoms in total. The van der Waals surface area contributed by atoms with Crippen molar-refractivity contribution in [2.75, 3.05) is 6.54 Å². The lowest BCUT2D eigenvalue weighted by Gasteiger charge is -2.08. The van der Waals surface area contributed by atoms with E-state index in [9.17, 15) is 0 Å². The van der Waals surface area contributed by atoms with Crippen LogP contribution in [0, 0.1) is 0 Å². The van der Waals surface area contributed by atoms with Crippen LogP contribution in [0.2, 0.25) is 5.02 Å². The van der Waals surface area contributed by atoms with E-state index in [1.165, 1.54) is 0 Å². The van der Waals surface area contributed by atoms with Crippen LogP contribution in [0.25, 0.3) is 0 Å². The Labute approximate surface area is 96.5 Å². The predicted molar refractivity (Wildman–Crippen MR) is 63.6 cm³/mol. The second-order valence-electron chi connectivity index (χ2n) is 2.57.